The fourth-order valence-corrected chi connectivity index (χ4v) is 0.794. The van der Waals surface area contributed by atoms with Crippen molar-refractivity contribution in [3.05, 3.63) is 13.3 Å². The SMILES string of the molecule is [B]C1[CH-]C(C)C([CH2-])O1.[W].[Y]. The van der Waals surface area contributed by atoms with Crippen molar-refractivity contribution in [1.82, 2.24) is 0 Å². The summed E-state index contributed by atoms with van der Waals surface area (Å²) in [7, 11) is 5.40. The van der Waals surface area contributed by atoms with Gasteiger partial charge in [-0.05, 0) is 0 Å². The van der Waals surface area contributed by atoms with Gasteiger partial charge in [0.1, 0.15) is 0 Å². The van der Waals surface area contributed by atoms with Crippen LogP contribution in [0.2, 0.25) is 0 Å². The maximum absolute atomic E-state index is 5.40. The van der Waals surface area contributed by atoms with Gasteiger partial charge in [-0.1, -0.05) is 13.0 Å². The molecule has 3 atom stereocenters. The second-order valence-electron chi connectivity index (χ2n) is 2.19. The molecule has 4 heteroatoms. The topological polar surface area (TPSA) is 9.23 Å². The molecule has 1 saturated heterocycles. The van der Waals surface area contributed by atoms with Crippen molar-refractivity contribution in [3.8, 4) is 0 Å². The van der Waals surface area contributed by atoms with Crippen LogP contribution >= 0.6 is 0 Å². The Morgan fingerprint density at radius 1 is 1.60 bits per heavy atom. The third-order valence-corrected chi connectivity index (χ3v) is 1.41. The predicted octanol–water partition coefficient (Wildman–Crippen LogP) is 0.549. The molecule has 0 saturated carbocycles. The van der Waals surface area contributed by atoms with Crippen molar-refractivity contribution in [2.24, 2.45) is 5.92 Å². The van der Waals surface area contributed by atoms with Crippen LogP contribution in [0.4, 0.5) is 0 Å². The van der Waals surface area contributed by atoms with Crippen LogP contribution in [0, 0.1) is 19.3 Å². The Kier molecular flexibility index (Phi) is 9.10. The van der Waals surface area contributed by atoms with Crippen LogP contribution in [0.1, 0.15) is 6.92 Å². The zero-order valence-corrected chi connectivity index (χ0v) is 11.8. The second kappa shape index (κ2) is 6.35. The third kappa shape index (κ3) is 4.00. The summed E-state index contributed by atoms with van der Waals surface area (Å²) in [6.45, 7) is 5.78. The van der Waals surface area contributed by atoms with E-state index in [0.717, 1.165) is 0 Å². The first-order valence-corrected chi connectivity index (χ1v) is 2.79. The van der Waals surface area contributed by atoms with E-state index in [2.05, 4.69) is 6.92 Å². The summed E-state index contributed by atoms with van der Waals surface area (Å²) >= 11 is 0. The van der Waals surface area contributed by atoms with Crippen molar-refractivity contribution in [2.75, 3.05) is 0 Å². The molecule has 1 aliphatic rings. The van der Waals surface area contributed by atoms with Crippen LogP contribution < -0.4 is 0 Å². The minimum atomic E-state index is -0.188. The summed E-state index contributed by atoms with van der Waals surface area (Å²) in [5.41, 5.74) is 0. The fraction of sp³-hybridized carbons (Fsp3) is 0.667. The third-order valence-electron chi connectivity index (χ3n) is 1.41. The first kappa shape index (κ1) is 14.3. The summed E-state index contributed by atoms with van der Waals surface area (Å²) in [5, 5.41) is 0. The van der Waals surface area contributed by atoms with E-state index < -0.39 is 0 Å². The van der Waals surface area contributed by atoms with Crippen LogP contribution in [-0.2, 0) is 58.5 Å². The smallest absolute Gasteiger partial charge is 0.0623 e. The first-order valence-electron chi connectivity index (χ1n) is 2.79. The number of rotatable bonds is 0. The van der Waals surface area contributed by atoms with E-state index in [9.17, 15) is 0 Å². The molecule has 1 nitrogen and oxygen atoms in total. The van der Waals surface area contributed by atoms with Gasteiger partial charge in [0, 0.05) is 53.8 Å². The van der Waals surface area contributed by atoms with Crippen molar-refractivity contribution < 1.29 is 58.5 Å². The standard InChI is InChI=1S/C6H9BO.W.Y/c1-4-3-6(7)8-5(4)2;;/h3-6H,2H2,1H3;;/q-2;;. The molecule has 10 heavy (non-hydrogen) atoms. The Balaban J connectivity index is 0. The molecule has 1 rings (SSSR count). The molecule has 0 N–H and O–H groups in total. The van der Waals surface area contributed by atoms with E-state index in [0.29, 0.717) is 5.92 Å². The Labute approximate surface area is 104 Å². The Morgan fingerprint density at radius 2 is 2.10 bits per heavy atom. The second-order valence-corrected chi connectivity index (χ2v) is 2.19. The van der Waals surface area contributed by atoms with Crippen LogP contribution in [0.15, 0.2) is 0 Å². The minimum absolute atomic E-state index is 0. The van der Waals surface area contributed by atoms with Crippen LogP contribution in [0.3, 0.4) is 0 Å². The van der Waals surface area contributed by atoms with Gasteiger partial charge >= 0.3 is 0 Å². The summed E-state index contributed by atoms with van der Waals surface area (Å²) in [6.07, 6.45) is 2.02. The molecule has 0 spiro atoms. The molecule has 3 radical (unpaired) electrons. The molecule has 0 aromatic rings. The number of hydrogen-bond acceptors (Lipinski definition) is 1. The predicted molar refractivity (Wildman–Crippen MR) is 33.2 cm³/mol. The van der Waals surface area contributed by atoms with Gasteiger partial charge in [-0.25, -0.2) is 0 Å². The number of hydrogen-bond donors (Lipinski definition) is 0. The van der Waals surface area contributed by atoms with E-state index >= 15 is 0 Å². The maximum Gasteiger partial charge on any atom is 0.0623 e. The molecular formula is C6H9BOWY-2. The summed E-state index contributed by atoms with van der Waals surface area (Å²) in [6, 6.07) is -0.188. The van der Waals surface area contributed by atoms with Gasteiger partial charge < -0.3 is 18.1 Å². The number of ether oxygens (including phenoxy) is 1. The Hall–Kier alpha value is 1.82. The quantitative estimate of drug-likeness (QED) is 0.440. The van der Waals surface area contributed by atoms with Gasteiger partial charge in [-0.2, -0.15) is 5.92 Å². The molecule has 0 aromatic heterocycles. The average molecular weight is 381 g/mol. The van der Waals surface area contributed by atoms with Gasteiger partial charge in [0.25, 0.3) is 0 Å². The largest absolute Gasteiger partial charge is 0.450 e. The molecule has 1 aliphatic heterocycles. The summed E-state index contributed by atoms with van der Waals surface area (Å²) in [5.74, 6) is 0.407. The molecule has 1 heterocycles. The van der Waals surface area contributed by atoms with Crippen LogP contribution in [0.5, 0.6) is 0 Å². The van der Waals surface area contributed by atoms with Crippen LogP contribution in [0.25, 0.3) is 0 Å². The molecular weight excluding hydrogens is 372 g/mol. The first-order chi connectivity index (χ1) is 3.70. The zero-order valence-electron chi connectivity index (χ0n) is 5.99. The Bertz CT molecular complexity index is 83.8. The molecule has 0 aromatic carbocycles. The van der Waals surface area contributed by atoms with Crippen molar-refractivity contribution >= 4 is 7.85 Å². The monoisotopic (exact) mass is 381 g/mol. The van der Waals surface area contributed by atoms with Gasteiger partial charge in [-0.3, -0.25) is 0 Å². The summed E-state index contributed by atoms with van der Waals surface area (Å²) in [4.78, 5) is 0. The average Bonchev–Trinajstić information content (AvgIpc) is 1.85. The van der Waals surface area contributed by atoms with Crippen molar-refractivity contribution in [3.63, 3.8) is 0 Å². The molecule has 0 aliphatic carbocycles. The molecule has 0 bridgehead atoms. The van der Waals surface area contributed by atoms with Crippen molar-refractivity contribution in [1.29, 1.82) is 0 Å². The van der Waals surface area contributed by atoms with E-state index in [-0.39, 0.29) is 65.9 Å². The van der Waals surface area contributed by atoms with E-state index in [1.165, 1.54) is 0 Å². The van der Waals surface area contributed by atoms with Gasteiger partial charge in [0.05, 0.1) is 7.85 Å². The van der Waals surface area contributed by atoms with Crippen LogP contribution in [-0.4, -0.2) is 20.0 Å². The van der Waals surface area contributed by atoms with E-state index in [1.807, 2.05) is 13.3 Å². The minimum Gasteiger partial charge on any atom is -0.450 e. The molecule has 3 unspecified atom stereocenters. The normalized spacial score (nSPS) is 38.0. The molecule has 1 fully saturated rings. The fourth-order valence-electron chi connectivity index (χ4n) is 0.794. The maximum atomic E-state index is 5.40. The van der Waals surface area contributed by atoms with Gasteiger partial charge in [0.15, 0.2) is 0 Å². The van der Waals surface area contributed by atoms with Gasteiger partial charge in [0.2, 0.25) is 0 Å². The summed E-state index contributed by atoms with van der Waals surface area (Å²) < 4.78 is 5.08. The van der Waals surface area contributed by atoms with E-state index in [4.69, 9.17) is 12.6 Å². The zero-order chi connectivity index (χ0) is 6.15. The van der Waals surface area contributed by atoms with Gasteiger partial charge in [-0.15, -0.1) is 6.00 Å². The molecule has 53 valence electrons. The van der Waals surface area contributed by atoms with Crippen molar-refractivity contribution in [2.45, 2.75) is 19.0 Å². The molecule has 0 amide bonds. The Morgan fingerprint density at radius 3 is 2.20 bits per heavy atom. The van der Waals surface area contributed by atoms with E-state index in [1.54, 1.807) is 0 Å².